The van der Waals surface area contributed by atoms with Crippen LogP contribution in [0.4, 0.5) is 0 Å². The summed E-state index contributed by atoms with van der Waals surface area (Å²) in [4.78, 5) is 0. The average Bonchev–Trinajstić information content (AvgIpc) is 2.96. The summed E-state index contributed by atoms with van der Waals surface area (Å²) in [5, 5.41) is 1.79. The second-order valence-electron chi connectivity index (χ2n) is 5.15. The van der Waals surface area contributed by atoms with E-state index in [9.17, 15) is 0 Å². The zero-order valence-corrected chi connectivity index (χ0v) is 14.7. The molecule has 4 rings (SSSR count). The molecule has 0 aliphatic rings. The number of halogens is 1. The molecule has 1 heterocycles. The van der Waals surface area contributed by atoms with E-state index in [1.165, 1.54) is 8.92 Å². The molecule has 3 heteroatoms. The van der Waals surface area contributed by atoms with Crippen molar-refractivity contribution in [3.63, 3.8) is 0 Å². The minimum absolute atomic E-state index is 0.128. The van der Waals surface area contributed by atoms with Gasteiger partial charge in [0.1, 0.15) is 0 Å². The summed E-state index contributed by atoms with van der Waals surface area (Å²) in [5.41, 5.74) is 1.94. The summed E-state index contributed by atoms with van der Waals surface area (Å²) >= 11 is 6.61. The predicted octanol–water partition coefficient (Wildman–Crippen LogP) is 4.41. The van der Waals surface area contributed by atoms with Gasteiger partial charge in [0, 0.05) is 0 Å². The summed E-state index contributed by atoms with van der Waals surface area (Å²) in [6, 6.07) is 26.6. The fraction of sp³-hybridized carbons (Fsp3) is 0. The molecular weight excluding hydrogens is 371 g/mol. The molecule has 0 fully saturated rings. The Morgan fingerprint density at radius 2 is 1.43 bits per heavy atom. The van der Waals surface area contributed by atoms with Crippen LogP contribution in [-0.4, -0.2) is 15.0 Å². The van der Waals surface area contributed by atoms with E-state index >= 15 is 0 Å². The molecule has 0 aliphatic carbocycles. The van der Waals surface area contributed by atoms with E-state index in [-0.39, 0.29) is 15.0 Å². The van der Waals surface area contributed by atoms with Crippen LogP contribution in [0.25, 0.3) is 22.3 Å². The molecule has 0 N–H and O–H groups in total. The van der Waals surface area contributed by atoms with Gasteiger partial charge in [-0.05, 0) is 0 Å². The van der Waals surface area contributed by atoms with E-state index in [0.717, 1.165) is 27.3 Å². The van der Waals surface area contributed by atoms with Crippen LogP contribution < -0.4 is 8.92 Å². The number of hydrogen-bond donors (Lipinski definition) is 0. The van der Waals surface area contributed by atoms with E-state index in [0.29, 0.717) is 0 Å². The molecule has 0 saturated heterocycles. The quantitative estimate of drug-likeness (QED) is 0.478. The molecule has 4 aromatic rings. The van der Waals surface area contributed by atoms with Gasteiger partial charge >= 0.3 is 146 Å². The molecule has 1 aromatic heterocycles. The molecule has 23 heavy (non-hydrogen) atoms. The molecular formula is C20H13ClOSe. The van der Waals surface area contributed by atoms with Gasteiger partial charge in [-0.2, -0.15) is 0 Å². The van der Waals surface area contributed by atoms with Crippen LogP contribution in [0.5, 0.6) is 0 Å². The Balaban J connectivity index is 1.95. The molecule has 0 radical (unpaired) electrons. The molecule has 0 saturated carbocycles. The number of furan rings is 1. The van der Waals surface area contributed by atoms with E-state index in [1.54, 1.807) is 0 Å². The SMILES string of the molecule is Clc1cccc2oc(-c3ccccc3)c([Se]c3ccccc3)c12. The van der Waals surface area contributed by atoms with Crippen molar-refractivity contribution in [2.75, 3.05) is 0 Å². The summed E-state index contributed by atoms with van der Waals surface area (Å²) in [5.74, 6) is 0.928. The Morgan fingerprint density at radius 3 is 2.17 bits per heavy atom. The fourth-order valence-corrected chi connectivity index (χ4v) is 5.25. The molecule has 0 amide bonds. The van der Waals surface area contributed by atoms with Gasteiger partial charge in [-0.15, -0.1) is 0 Å². The third kappa shape index (κ3) is 2.82. The van der Waals surface area contributed by atoms with Crippen molar-refractivity contribution in [2.45, 2.75) is 0 Å². The maximum absolute atomic E-state index is 6.48. The number of fused-ring (bicyclic) bond motifs is 1. The zero-order chi connectivity index (χ0) is 15.6. The summed E-state index contributed by atoms with van der Waals surface area (Å²) in [6.45, 7) is 0. The normalized spacial score (nSPS) is 11.0. The molecule has 0 unspecified atom stereocenters. The second kappa shape index (κ2) is 6.25. The molecule has 112 valence electrons. The van der Waals surface area contributed by atoms with E-state index in [1.807, 2.05) is 42.5 Å². The second-order valence-corrected chi connectivity index (χ2v) is 7.84. The van der Waals surface area contributed by atoms with Gasteiger partial charge in [0.2, 0.25) is 0 Å². The van der Waals surface area contributed by atoms with Crippen LogP contribution in [0.3, 0.4) is 0 Å². The van der Waals surface area contributed by atoms with Gasteiger partial charge in [-0.1, -0.05) is 0 Å². The number of rotatable bonds is 3. The van der Waals surface area contributed by atoms with Crippen LogP contribution in [-0.2, 0) is 0 Å². The van der Waals surface area contributed by atoms with E-state index in [4.69, 9.17) is 16.0 Å². The summed E-state index contributed by atoms with van der Waals surface area (Å²) in [7, 11) is 0. The van der Waals surface area contributed by atoms with Crippen molar-refractivity contribution in [1.29, 1.82) is 0 Å². The fourth-order valence-electron chi connectivity index (χ4n) is 2.56. The molecule has 3 aromatic carbocycles. The molecule has 1 nitrogen and oxygen atoms in total. The average molecular weight is 384 g/mol. The number of hydrogen-bond acceptors (Lipinski definition) is 1. The Hall–Kier alpha value is -1.99. The third-order valence-electron chi connectivity index (χ3n) is 3.62. The van der Waals surface area contributed by atoms with Gasteiger partial charge < -0.3 is 0 Å². The van der Waals surface area contributed by atoms with Gasteiger partial charge in [-0.25, -0.2) is 0 Å². The summed E-state index contributed by atoms with van der Waals surface area (Å²) in [6.07, 6.45) is 0. The van der Waals surface area contributed by atoms with Crippen LogP contribution in [0.15, 0.2) is 83.3 Å². The van der Waals surface area contributed by atoms with Crippen molar-refractivity contribution in [3.8, 4) is 11.3 Å². The Bertz CT molecular complexity index is 945. The monoisotopic (exact) mass is 384 g/mol. The van der Waals surface area contributed by atoms with Crippen LogP contribution in [0, 0.1) is 0 Å². The van der Waals surface area contributed by atoms with Crippen molar-refractivity contribution >= 4 is 46.5 Å². The maximum atomic E-state index is 6.48. The Labute approximate surface area is 146 Å². The standard InChI is InChI=1S/C20H13ClOSe/c21-16-12-7-13-17-18(16)20(23-15-10-5-2-6-11-15)19(22-17)14-8-3-1-4-9-14/h1-13H. The van der Waals surface area contributed by atoms with Gasteiger partial charge in [-0.3, -0.25) is 0 Å². The topological polar surface area (TPSA) is 13.1 Å². The van der Waals surface area contributed by atoms with Crippen LogP contribution in [0.2, 0.25) is 5.02 Å². The summed E-state index contributed by atoms with van der Waals surface area (Å²) < 4.78 is 8.68. The van der Waals surface area contributed by atoms with Crippen molar-refractivity contribution < 1.29 is 4.42 Å². The first-order valence-electron chi connectivity index (χ1n) is 7.32. The van der Waals surface area contributed by atoms with Crippen molar-refractivity contribution in [2.24, 2.45) is 0 Å². The first-order chi connectivity index (χ1) is 11.3. The predicted molar refractivity (Wildman–Crippen MR) is 98.1 cm³/mol. The molecule has 0 spiro atoms. The first kappa shape index (κ1) is 14.6. The first-order valence-corrected chi connectivity index (χ1v) is 9.41. The van der Waals surface area contributed by atoms with Gasteiger partial charge in [0.05, 0.1) is 0 Å². The molecule has 0 bridgehead atoms. The van der Waals surface area contributed by atoms with Crippen molar-refractivity contribution in [3.05, 3.63) is 83.9 Å². The number of benzene rings is 3. The van der Waals surface area contributed by atoms with E-state index in [2.05, 4.69) is 36.4 Å². The third-order valence-corrected chi connectivity index (χ3v) is 6.25. The van der Waals surface area contributed by atoms with Crippen molar-refractivity contribution in [1.82, 2.24) is 0 Å². The molecule has 0 atom stereocenters. The zero-order valence-electron chi connectivity index (χ0n) is 12.2. The van der Waals surface area contributed by atoms with E-state index < -0.39 is 0 Å². The molecule has 0 aliphatic heterocycles. The van der Waals surface area contributed by atoms with Gasteiger partial charge in [0.25, 0.3) is 0 Å². The van der Waals surface area contributed by atoms with Crippen LogP contribution >= 0.6 is 11.6 Å². The van der Waals surface area contributed by atoms with Gasteiger partial charge in [0.15, 0.2) is 0 Å². The van der Waals surface area contributed by atoms with Crippen LogP contribution in [0.1, 0.15) is 0 Å². The minimum atomic E-state index is 0.128. The Kier molecular flexibility index (Phi) is 3.97. The Morgan fingerprint density at radius 1 is 0.739 bits per heavy atom.